The summed E-state index contributed by atoms with van der Waals surface area (Å²) in [7, 11) is -2.89. The van der Waals surface area contributed by atoms with Gasteiger partial charge in [-0.3, -0.25) is 0 Å². The van der Waals surface area contributed by atoms with Crippen LogP contribution in [0.25, 0.3) is 0 Å². The number of hydrogen-bond acceptors (Lipinski definition) is 2. The van der Waals surface area contributed by atoms with Gasteiger partial charge < -0.3 is 4.43 Å². The Bertz CT molecular complexity index is 369. The van der Waals surface area contributed by atoms with Crippen molar-refractivity contribution in [3.8, 4) is 0 Å². The zero-order valence-corrected chi connectivity index (χ0v) is 17.8. The van der Waals surface area contributed by atoms with Gasteiger partial charge in [0.1, 0.15) is 0 Å². The van der Waals surface area contributed by atoms with Crippen LogP contribution in [0, 0.1) is 5.92 Å². The van der Waals surface area contributed by atoms with Gasteiger partial charge in [0.2, 0.25) is 0 Å². The molecule has 5 heteroatoms. The molecule has 128 valence electrons. The molecule has 0 aromatic rings. The Labute approximate surface area is 136 Å². The summed E-state index contributed by atoms with van der Waals surface area (Å²) in [5, 5.41) is 0.189. The summed E-state index contributed by atoms with van der Waals surface area (Å²) in [6, 6.07) is 0. The molecule has 0 aromatic heterocycles. The molecule has 0 radical (unpaired) electrons. The van der Waals surface area contributed by atoms with Crippen molar-refractivity contribution in [3.05, 3.63) is 0 Å². The highest BCUT2D eigenvalue weighted by Crippen LogP contribution is 2.37. The Balaban J connectivity index is 5.05. The van der Waals surface area contributed by atoms with E-state index in [0.717, 1.165) is 0 Å². The largest absolute Gasteiger partial charge is 0.415 e. The first-order valence-corrected chi connectivity index (χ1v) is 11.9. The normalized spacial score (nSPS) is 18.7. The first-order chi connectivity index (χ1) is 9.03. The lowest BCUT2D eigenvalue weighted by Crippen LogP contribution is -2.56. The molecule has 0 saturated heterocycles. The van der Waals surface area contributed by atoms with E-state index < -0.39 is 19.3 Å². The topological polar surface area (TPSA) is 38.3 Å². The van der Waals surface area contributed by atoms with E-state index in [0.29, 0.717) is 12.5 Å². The van der Waals surface area contributed by atoms with Crippen molar-refractivity contribution in [3.63, 3.8) is 0 Å². The van der Waals surface area contributed by atoms with E-state index in [1.54, 1.807) is 0 Å². The highest BCUT2D eigenvalue weighted by Gasteiger charge is 2.41. The lowest BCUT2D eigenvalue weighted by molar-refractivity contribution is 0.160. The summed E-state index contributed by atoms with van der Waals surface area (Å²) in [5.74, 6) is 0.341. The van der Waals surface area contributed by atoms with Gasteiger partial charge >= 0.3 is 0 Å². The van der Waals surface area contributed by atoms with E-state index in [-0.39, 0.29) is 15.3 Å². The standard InChI is InChI=1S/C16H37NO2SSi/c1-13(2)16(9,17-20(18)14(3,4)5)12-19-21(10,11)15(6,7)8/h13,17H,12H2,1-11H3/t16-,20?/m1/s1. The molecule has 3 nitrogen and oxygen atoms in total. The smallest absolute Gasteiger partial charge is 0.192 e. The van der Waals surface area contributed by atoms with Crippen molar-refractivity contribution in [1.82, 2.24) is 4.72 Å². The third kappa shape index (κ3) is 6.12. The second-order valence-corrected chi connectivity index (χ2v) is 15.9. The lowest BCUT2D eigenvalue weighted by Gasteiger charge is -2.42. The second kappa shape index (κ2) is 6.81. The van der Waals surface area contributed by atoms with Gasteiger partial charge in [-0.25, -0.2) is 8.93 Å². The predicted octanol–water partition coefficient (Wildman–Crippen LogP) is 4.47. The molecule has 1 unspecified atom stereocenters. The summed E-state index contributed by atoms with van der Waals surface area (Å²) in [6.07, 6.45) is 0. The van der Waals surface area contributed by atoms with Crippen LogP contribution in [-0.2, 0) is 15.4 Å². The molecule has 2 atom stereocenters. The zero-order chi connectivity index (χ0) is 17.3. The average molecular weight is 336 g/mol. The summed E-state index contributed by atoms with van der Waals surface area (Å²) in [4.78, 5) is 0. The van der Waals surface area contributed by atoms with Gasteiger partial charge in [0.25, 0.3) is 0 Å². The van der Waals surface area contributed by atoms with Gasteiger partial charge in [-0.15, -0.1) is 0 Å². The minimum atomic E-state index is -1.80. The van der Waals surface area contributed by atoms with E-state index in [4.69, 9.17) is 4.43 Å². The second-order valence-electron chi connectivity index (χ2n) is 9.10. The maximum Gasteiger partial charge on any atom is 0.192 e. The Morgan fingerprint density at radius 1 is 1.05 bits per heavy atom. The van der Waals surface area contributed by atoms with E-state index in [2.05, 4.69) is 59.4 Å². The van der Waals surface area contributed by atoms with Crippen LogP contribution in [-0.4, -0.2) is 29.4 Å². The molecule has 0 rings (SSSR count). The predicted molar refractivity (Wildman–Crippen MR) is 97.4 cm³/mol. The van der Waals surface area contributed by atoms with E-state index in [9.17, 15) is 4.21 Å². The van der Waals surface area contributed by atoms with Crippen molar-refractivity contribution in [2.24, 2.45) is 5.92 Å². The third-order valence-electron chi connectivity index (χ3n) is 4.70. The number of nitrogens with one attached hydrogen (secondary N) is 1. The van der Waals surface area contributed by atoms with Gasteiger partial charge in [-0.1, -0.05) is 34.6 Å². The highest BCUT2D eigenvalue weighted by molar-refractivity contribution is 7.84. The Morgan fingerprint density at radius 3 is 1.76 bits per heavy atom. The molecular formula is C16H37NO2SSi. The lowest BCUT2D eigenvalue weighted by atomic mass is 9.91. The van der Waals surface area contributed by atoms with Crippen LogP contribution in [0.2, 0.25) is 18.1 Å². The van der Waals surface area contributed by atoms with E-state index in [1.165, 1.54) is 0 Å². The molecule has 0 heterocycles. The Morgan fingerprint density at radius 2 is 1.48 bits per heavy atom. The van der Waals surface area contributed by atoms with Gasteiger partial charge in [-0.05, 0) is 51.7 Å². The summed E-state index contributed by atoms with van der Waals surface area (Å²) in [6.45, 7) is 24.2. The van der Waals surface area contributed by atoms with Crippen LogP contribution < -0.4 is 4.72 Å². The molecular weight excluding hydrogens is 298 g/mol. The fraction of sp³-hybridized carbons (Fsp3) is 1.00. The quantitative estimate of drug-likeness (QED) is 0.727. The number of hydrogen-bond donors (Lipinski definition) is 1. The molecule has 0 spiro atoms. The van der Waals surface area contributed by atoms with Crippen molar-refractivity contribution in [2.75, 3.05) is 6.61 Å². The van der Waals surface area contributed by atoms with Gasteiger partial charge in [0, 0.05) is 0 Å². The molecule has 0 aromatic carbocycles. The van der Waals surface area contributed by atoms with Crippen LogP contribution >= 0.6 is 0 Å². The fourth-order valence-corrected chi connectivity index (χ4v) is 3.34. The minimum absolute atomic E-state index is 0.189. The molecule has 0 bridgehead atoms. The Kier molecular flexibility index (Phi) is 6.90. The molecule has 0 aliphatic heterocycles. The molecule has 0 amide bonds. The van der Waals surface area contributed by atoms with Crippen LogP contribution in [0.5, 0.6) is 0 Å². The first-order valence-electron chi connectivity index (χ1n) is 7.86. The molecule has 1 N–H and O–H groups in total. The molecule has 0 aliphatic carbocycles. The van der Waals surface area contributed by atoms with Crippen LogP contribution in [0.3, 0.4) is 0 Å². The van der Waals surface area contributed by atoms with E-state index in [1.807, 2.05) is 20.8 Å². The Hall–Kier alpha value is 0.287. The molecule has 0 fully saturated rings. The van der Waals surface area contributed by atoms with Crippen molar-refractivity contribution in [1.29, 1.82) is 0 Å². The summed E-state index contributed by atoms with van der Waals surface area (Å²) < 4.78 is 21.9. The molecule has 0 aliphatic rings. The number of rotatable bonds is 6. The van der Waals surface area contributed by atoms with Gasteiger partial charge in [-0.2, -0.15) is 0 Å². The van der Waals surface area contributed by atoms with E-state index >= 15 is 0 Å². The van der Waals surface area contributed by atoms with Crippen LogP contribution in [0.1, 0.15) is 62.3 Å². The minimum Gasteiger partial charge on any atom is -0.415 e. The summed E-state index contributed by atoms with van der Waals surface area (Å²) in [5.41, 5.74) is -0.284. The van der Waals surface area contributed by atoms with Gasteiger partial charge in [0.15, 0.2) is 8.32 Å². The van der Waals surface area contributed by atoms with Gasteiger partial charge in [0.05, 0.1) is 27.9 Å². The van der Waals surface area contributed by atoms with Crippen LogP contribution in [0.15, 0.2) is 0 Å². The average Bonchev–Trinajstić information content (AvgIpc) is 2.23. The SMILES string of the molecule is CC(C)[C@@](C)(CO[Si](C)(C)C(C)(C)C)NS(=O)C(C)(C)C. The van der Waals surface area contributed by atoms with Crippen molar-refractivity contribution < 1.29 is 8.63 Å². The maximum absolute atomic E-state index is 12.5. The third-order valence-corrected chi connectivity index (χ3v) is 10.9. The highest BCUT2D eigenvalue weighted by atomic mass is 32.2. The maximum atomic E-state index is 12.5. The zero-order valence-electron chi connectivity index (χ0n) is 16.0. The summed E-state index contributed by atoms with van der Waals surface area (Å²) >= 11 is 0. The fourth-order valence-electron chi connectivity index (χ4n) is 1.23. The molecule has 21 heavy (non-hydrogen) atoms. The molecule has 0 saturated carbocycles. The van der Waals surface area contributed by atoms with Crippen molar-refractivity contribution in [2.45, 2.75) is 90.7 Å². The monoisotopic (exact) mass is 335 g/mol. The van der Waals surface area contributed by atoms with Crippen LogP contribution in [0.4, 0.5) is 0 Å². The first kappa shape index (κ1) is 21.3. The van der Waals surface area contributed by atoms with Crippen molar-refractivity contribution >= 4 is 19.3 Å².